The molecule has 0 aromatic heterocycles. The quantitative estimate of drug-likeness (QED) is 0.422. The van der Waals surface area contributed by atoms with E-state index in [9.17, 15) is 10.1 Å². The summed E-state index contributed by atoms with van der Waals surface area (Å²) in [6.07, 6.45) is 3.78. The van der Waals surface area contributed by atoms with E-state index in [1.54, 1.807) is 12.1 Å². The first-order valence-electron chi connectivity index (χ1n) is 3.87. The van der Waals surface area contributed by atoms with E-state index in [1.165, 1.54) is 0 Å². The smallest absolute Gasteiger partial charge is 0.260 e. The number of hydrogen-bond donors (Lipinski definition) is 0. The number of nitrogens with zero attached hydrogens (tertiary/aromatic N) is 1. The molecule has 4 heteroatoms. The van der Waals surface area contributed by atoms with E-state index in [0.717, 1.165) is 5.56 Å². The van der Waals surface area contributed by atoms with Crippen molar-refractivity contribution in [2.75, 3.05) is 12.5 Å². The fourth-order valence-corrected chi connectivity index (χ4v) is 2.23. The maximum Gasteiger partial charge on any atom is 0.384 e. The molecular formula is C9H12NO2S+. The molecule has 3 nitrogen and oxygen atoms in total. The molecule has 0 aliphatic carbocycles. The number of hydrogen-bond acceptors (Lipinski definition) is 2. The van der Waals surface area contributed by atoms with Crippen LogP contribution < -0.4 is 0 Å². The monoisotopic (exact) mass is 198 g/mol. The minimum Gasteiger partial charge on any atom is -0.260 e. The standard InChI is InChI=1S/C9H12NO2S/c1-13(2)9(10(11)12)8-6-4-3-5-7-8/h3-7,9H,1-2H3/q+1. The van der Waals surface area contributed by atoms with Gasteiger partial charge in [0.25, 0.3) is 0 Å². The van der Waals surface area contributed by atoms with Crippen molar-refractivity contribution in [2.45, 2.75) is 5.37 Å². The molecule has 0 heterocycles. The highest BCUT2D eigenvalue weighted by Gasteiger charge is 2.34. The third-order valence-corrected chi connectivity index (χ3v) is 3.06. The van der Waals surface area contributed by atoms with E-state index in [4.69, 9.17) is 0 Å². The molecule has 1 rings (SSSR count). The molecule has 0 saturated carbocycles. The Balaban J connectivity index is 2.96. The van der Waals surface area contributed by atoms with Crippen LogP contribution in [0.4, 0.5) is 0 Å². The van der Waals surface area contributed by atoms with Crippen molar-refractivity contribution in [3.8, 4) is 0 Å². The van der Waals surface area contributed by atoms with Crippen molar-refractivity contribution >= 4 is 10.9 Å². The minimum atomic E-state index is -0.554. The van der Waals surface area contributed by atoms with Gasteiger partial charge in [0.15, 0.2) is 0 Å². The van der Waals surface area contributed by atoms with Gasteiger partial charge in [-0.3, -0.25) is 10.1 Å². The number of nitro groups is 1. The Labute approximate surface area is 80.3 Å². The predicted molar refractivity (Wildman–Crippen MR) is 55.4 cm³/mol. The largest absolute Gasteiger partial charge is 0.384 e. The van der Waals surface area contributed by atoms with Gasteiger partial charge in [0.2, 0.25) is 0 Å². The molecule has 0 amide bonds. The predicted octanol–water partition coefficient (Wildman–Crippen LogP) is 1.84. The van der Waals surface area contributed by atoms with Crippen LogP contribution in [0.2, 0.25) is 0 Å². The van der Waals surface area contributed by atoms with Gasteiger partial charge in [0.05, 0.1) is 21.4 Å². The van der Waals surface area contributed by atoms with Gasteiger partial charge in [-0.25, -0.2) is 0 Å². The first-order valence-corrected chi connectivity index (χ1v) is 5.98. The normalized spacial score (nSPS) is 12.8. The molecule has 13 heavy (non-hydrogen) atoms. The second-order valence-corrected chi connectivity index (χ2v) is 5.13. The average molecular weight is 198 g/mol. The zero-order valence-corrected chi connectivity index (χ0v) is 8.45. The molecule has 0 aliphatic rings. The minimum absolute atomic E-state index is 0.210. The third kappa shape index (κ3) is 2.45. The van der Waals surface area contributed by atoms with E-state index >= 15 is 0 Å². The Morgan fingerprint density at radius 2 is 1.85 bits per heavy atom. The van der Waals surface area contributed by atoms with Gasteiger partial charge in [-0.1, -0.05) is 18.2 Å². The summed E-state index contributed by atoms with van der Waals surface area (Å²) < 4.78 is 0. The Morgan fingerprint density at radius 1 is 1.31 bits per heavy atom. The molecule has 70 valence electrons. The lowest BCUT2D eigenvalue weighted by Crippen LogP contribution is -2.19. The van der Waals surface area contributed by atoms with Crippen LogP contribution >= 0.6 is 0 Å². The van der Waals surface area contributed by atoms with Gasteiger partial charge in [-0.15, -0.1) is 0 Å². The maximum absolute atomic E-state index is 10.8. The van der Waals surface area contributed by atoms with Crippen LogP contribution in [0.1, 0.15) is 10.9 Å². The van der Waals surface area contributed by atoms with Crippen molar-refractivity contribution in [3.05, 3.63) is 46.0 Å². The van der Waals surface area contributed by atoms with Crippen LogP contribution in [0, 0.1) is 10.1 Å². The highest BCUT2D eigenvalue weighted by atomic mass is 32.2. The van der Waals surface area contributed by atoms with Crippen LogP contribution in [0.3, 0.4) is 0 Å². The third-order valence-electron chi connectivity index (χ3n) is 1.72. The van der Waals surface area contributed by atoms with Gasteiger partial charge in [0.1, 0.15) is 12.5 Å². The molecule has 0 bridgehead atoms. The first kappa shape index (κ1) is 10.1. The van der Waals surface area contributed by atoms with Crippen LogP contribution in [0.5, 0.6) is 0 Å². The maximum atomic E-state index is 10.8. The highest BCUT2D eigenvalue weighted by molar-refractivity contribution is 7.95. The van der Waals surface area contributed by atoms with E-state index in [0.29, 0.717) is 0 Å². The van der Waals surface area contributed by atoms with Crippen molar-refractivity contribution in [1.29, 1.82) is 0 Å². The van der Waals surface area contributed by atoms with Gasteiger partial charge in [-0.05, 0) is 12.1 Å². The fraction of sp³-hybridized carbons (Fsp3) is 0.333. The lowest BCUT2D eigenvalue weighted by molar-refractivity contribution is -0.501. The van der Waals surface area contributed by atoms with Crippen molar-refractivity contribution in [3.63, 3.8) is 0 Å². The fourth-order valence-electron chi connectivity index (χ4n) is 1.18. The molecule has 0 fully saturated rings. The second kappa shape index (κ2) is 4.28. The molecule has 0 spiro atoms. The number of benzene rings is 1. The molecule has 1 aromatic rings. The summed E-state index contributed by atoms with van der Waals surface area (Å²) >= 11 is 0. The topological polar surface area (TPSA) is 43.1 Å². The Morgan fingerprint density at radius 3 is 2.23 bits per heavy atom. The summed E-state index contributed by atoms with van der Waals surface area (Å²) in [4.78, 5) is 10.5. The van der Waals surface area contributed by atoms with Crippen LogP contribution in [-0.4, -0.2) is 17.4 Å². The van der Waals surface area contributed by atoms with Gasteiger partial charge in [0, 0.05) is 0 Å². The summed E-state index contributed by atoms with van der Waals surface area (Å²) in [7, 11) is -0.234. The molecule has 1 aromatic carbocycles. The number of rotatable bonds is 3. The molecule has 0 N–H and O–H groups in total. The van der Waals surface area contributed by atoms with E-state index in [2.05, 4.69) is 0 Å². The Bertz CT molecular complexity index is 287. The lowest BCUT2D eigenvalue weighted by atomic mass is 10.2. The molecule has 0 aliphatic heterocycles. The summed E-state index contributed by atoms with van der Waals surface area (Å²) in [6.45, 7) is 0. The van der Waals surface area contributed by atoms with Crippen molar-refractivity contribution < 1.29 is 4.92 Å². The van der Waals surface area contributed by atoms with Crippen LogP contribution in [0.25, 0.3) is 0 Å². The zero-order chi connectivity index (χ0) is 9.84. The Kier molecular flexibility index (Phi) is 3.31. The van der Waals surface area contributed by atoms with E-state index in [-0.39, 0.29) is 15.8 Å². The summed E-state index contributed by atoms with van der Waals surface area (Å²) in [5, 5.41) is 10.2. The van der Waals surface area contributed by atoms with Crippen molar-refractivity contribution in [1.82, 2.24) is 0 Å². The highest BCUT2D eigenvalue weighted by Crippen LogP contribution is 2.21. The lowest BCUT2D eigenvalue weighted by Gasteiger charge is -2.05. The summed E-state index contributed by atoms with van der Waals surface area (Å²) in [6, 6.07) is 9.14. The molecule has 0 saturated heterocycles. The SMILES string of the molecule is C[S+](C)C(c1ccccc1)[N+](=O)[O-]. The van der Waals surface area contributed by atoms with Crippen LogP contribution in [0.15, 0.2) is 30.3 Å². The van der Waals surface area contributed by atoms with Gasteiger partial charge < -0.3 is 0 Å². The van der Waals surface area contributed by atoms with Crippen molar-refractivity contribution in [2.24, 2.45) is 0 Å². The first-order chi connectivity index (χ1) is 6.13. The van der Waals surface area contributed by atoms with E-state index < -0.39 is 5.37 Å². The molecule has 0 radical (unpaired) electrons. The summed E-state index contributed by atoms with van der Waals surface area (Å²) in [5.74, 6) is 0. The van der Waals surface area contributed by atoms with Crippen LogP contribution in [-0.2, 0) is 10.9 Å². The Hall–Kier alpha value is -1.03. The van der Waals surface area contributed by atoms with E-state index in [1.807, 2.05) is 30.7 Å². The summed E-state index contributed by atoms with van der Waals surface area (Å²) in [5.41, 5.74) is 0.792. The molecular weight excluding hydrogens is 186 g/mol. The van der Waals surface area contributed by atoms with Gasteiger partial charge in [-0.2, -0.15) is 0 Å². The second-order valence-electron chi connectivity index (χ2n) is 2.93. The van der Waals surface area contributed by atoms with Gasteiger partial charge >= 0.3 is 5.37 Å². The zero-order valence-electron chi connectivity index (χ0n) is 7.64. The molecule has 1 atom stereocenters. The average Bonchev–Trinajstić information content (AvgIpc) is 2.04. The molecule has 1 unspecified atom stereocenters.